The van der Waals surface area contributed by atoms with E-state index in [2.05, 4.69) is 33.8 Å². The molecule has 3 saturated carbocycles. The van der Waals surface area contributed by atoms with Gasteiger partial charge in [-0.05, 0) is 99.2 Å². The van der Waals surface area contributed by atoms with Crippen LogP contribution in [0.1, 0.15) is 99.3 Å². The van der Waals surface area contributed by atoms with Gasteiger partial charge in [0.25, 0.3) is 0 Å². The summed E-state index contributed by atoms with van der Waals surface area (Å²) < 4.78 is 19.3. The number of nitrogens with zero attached hydrogens (tertiary/aromatic N) is 1. The normalized spacial score (nSPS) is 46.8. The first-order chi connectivity index (χ1) is 19.5. The van der Waals surface area contributed by atoms with Gasteiger partial charge in [-0.15, -0.1) is 0 Å². The van der Waals surface area contributed by atoms with Crippen LogP contribution in [0.15, 0.2) is 23.8 Å². The molecule has 0 unspecified atom stereocenters. The van der Waals surface area contributed by atoms with Crippen LogP contribution in [-0.2, 0) is 23.8 Å². The summed E-state index contributed by atoms with van der Waals surface area (Å²) in [4.78, 5) is 26.5. The van der Waals surface area contributed by atoms with Gasteiger partial charge in [-0.25, -0.2) is 4.79 Å². The molecule has 2 aliphatic heterocycles. The van der Waals surface area contributed by atoms with Gasteiger partial charge in [-0.1, -0.05) is 39.3 Å². The highest BCUT2D eigenvalue weighted by atomic mass is 16.7. The monoisotopic (exact) mass is 567 g/mol. The summed E-state index contributed by atoms with van der Waals surface area (Å²) in [6.07, 6.45) is 15.4. The van der Waals surface area contributed by atoms with Crippen LogP contribution in [0, 0.1) is 46.3 Å². The molecule has 1 spiro atoms. The number of likely N-dealkylation sites (N-methyl/N-ethyl adjacent to an activating group) is 1. The van der Waals surface area contributed by atoms with Crippen molar-refractivity contribution in [1.82, 2.24) is 4.90 Å². The van der Waals surface area contributed by atoms with Crippen molar-refractivity contribution >= 4 is 11.9 Å². The smallest absolute Gasteiger partial charge is 0.331 e. The third-order valence-corrected chi connectivity index (χ3v) is 13.0. The molecule has 0 radical (unpaired) electrons. The van der Waals surface area contributed by atoms with E-state index in [0.717, 1.165) is 38.7 Å². The summed E-state index contributed by atoms with van der Waals surface area (Å²) in [6.45, 7) is 15.8. The molecule has 11 atom stereocenters. The Kier molecular flexibility index (Phi) is 7.75. The van der Waals surface area contributed by atoms with Crippen molar-refractivity contribution in [2.24, 2.45) is 46.3 Å². The summed E-state index contributed by atoms with van der Waals surface area (Å²) in [5.41, 5.74) is 2.02. The fourth-order valence-electron chi connectivity index (χ4n) is 10.7. The topological polar surface area (TPSA) is 65.1 Å². The molecule has 41 heavy (non-hydrogen) atoms. The zero-order valence-electron chi connectivity index (χ0n) is 26.3. The van der Waals surface area contributed by atoms with Gasteiger partial charge < -0.3 is 19.1 Å². The molecule has 2 heterocycles. The molecule has 2 saturated heterocycles. The largest absolute Gasteiger partial charge is 0.459 e. The van der Waals surface area contributed by atoms with Crippen LogP contribution < -0.4 is 0 Å². The van der Waals surface area contributed by atoms with Crippen molar-refractivity contribution in [3.05, 3.63) is 23.8 Å². The van der Waals surface area contributed by atoms with E-state index in [1.165, 1.54) is 43.4 Å². The van der Waals surface area contributed by atoms with Crippen LogP contribution in [0.25, 0.3) is 0 Å². The number of hydrogen-bond acceptors (Lipinski definition) is 5. The second-order valence-corrected chi connectivity index (χ2v) is 14.9. The second-order valence-electron chi connectivity index (χ2n) is 14.9. The van der Waals surface area contributed by atoms with Crippen molar-refractivity contribution in [1.29, 1.82) is 0 Å². The Labute approximate surface area is 247 Å². The maximum absolute atomic E-state index is 12.6. The molecule has 0 aromatic heterocycles. The summed E-state index contributed by atoms with van der Waals surface area (Å²) in [5.74, 6) is 2.91. The molecule has 0 aromatic carbocycles. The highest BCUT2D eigenvalue weighted by molar-refractivity contribution is 5.94. The first kappa shape index (κ1) is 29.4. The Hall–Kier alpha value is -1.66. The highest BCUT2D eigenvalue weighted by Gasteiger charge is 2.68. The number of rotatable bonds is 5. The van der Waals surface area contributed by atoms with Gasteiger partial charge >= 0.3 is 5.97 Å². The second kappa shape index (κ2) is 10.8. The Morgan fingerprint density at radius 3 is 2.54 bits per heavy atom. The fraction of sp³-hybridized carbons (Fsp3) is 0.829. The molecule has 6 rings (SSSR count). The van der Waals surface area contributed by atoms with Crippen LogP contribution in [0.3, 0.4) is 0 Å². The molecule has 0 aromatic rings. The van der Waals surface area contributed by atoms with E-state index in [0.29, 0.717) is 60.1 Å². The molecule has 1 amide bonds. The minimum Gasteiger partial charge on any atom is -0.459 e. The minimum atomic E-state index is -0.400. The van der Waals surface area contributed by atoms with Gasteiger partial charge in [0, 0.05) is 44.0 Å². The van der Waals surface area contributed by atoms with Gasteiger partial charge in [0.05, 0.1) is 12.7 Å². The third-order valence-electron chi connectivity index (χ3n) is 13.0. The number of fused-ring (bicyclic) bond motifs is 7. The predicted molar refractivity (Wildman–Crippen MR) is 159 cm³/mol. The molecule has 0 bridgehead atoms. The summed E-state index contributed by atoms with van der Waals surface area (Å²) in [6, 6.07) is 0. The van der Waals surface area contributed by atoms with Crippen molar-refractivity contribution in [2.45, 2.75) is 117 Å². The summed E-state index contributed by atoms with van der Waals surface area (Å²) in [7, 11) is 0. The molecule has 4 aliphatic carbocycles. The SMILES string of the molecule is CCN(CC)C(=O)/C=C\C(=O)O[C@H]1CC[C@@]2(C)C(=CC[C@H]3[C@@H]4C[C@@H]5O[C@]6(CC[C@@H](C)CO6)[C@@H](C)[C@@H]5[C@@]4(C)CC[C@@H]32)C1. The maximum atomic E-state index is 12.6. The van der Waals surface area contributed by atoms with Crippen molar-refractivity contribution in [2.75, 3.05) is 19.7 Å². The Morgan fingerprint density at radius 2 is 1.83 bits per heavy atom. The van der Waals surface area contributed by atoms with Gasteiger partial charge in [0.1, 0.15) is 6.10 Å². The predicted octanol–water partition coefficient (Wildman–Crippen LogP) is 6.69. The first-order valence-corrected chi connectivity index (χ1v) is 16.7. The number of allylic oxidation sites excluding steroid dienone is 1. The van der Waals surface area contributed by atoms with Crippen LogP contribution >= 0.6 is 0 Å². The zero-order valence-corrected chi connectivity index (χ0v) is 26.3. The Balaban J connectivity index is 1.12. The molecular formula is C35H53NO5. The van der Waals surface area contributed by atoms with E-state index in [1.54, 1.807) is 4.90 Å². The van der Waals surface area contributed by atoms with E-state index in [9.17, 15) is 9.59 Å². The molecule has 6 aliphatic rings. The quantitative estimate of drug-likeness (QED) is 0.210. The molecule has 6 heteroatoms. The van der Waals surface area contributed by atoms with Gasteiger partial charge in [0.2, 0.25) is 5.91 Å². The maximum Gasteiger partial charge on any atom is 0.331 e. The van der Waals surface area contributed by atoms with E-state index in [-0.39, 0.29) is 23.2 Å². The van der Waals surface area contributed by atoms with Crippen molar-refractivity contribution in [3.63, 3.8) is 0 Å². The lowest BCUT2D eigenvalue weighted by molar-refractivity contribution is -0.272. The summed E-state index contributed by atoms with van der Waals surface area (Å²) in [5, 5.41) is 0. The third kappa shape index (κ3) is 4.74. The average molecular weight is 568 g/mol. The van der Waals surface area contributed by atoms with E-state index >= 15 is 0 Å². The van der Waals surface area contributed by atoms with Crippen LogP contribution in [0.5, 0.6) is 0 Å². The number of ether oxygens (including phenoxy) is 3. The standard InChI is InChI=1S/C35H53NO5/c1-7-36(8-2)30(37)11-12-31(38)40-25-14-16-33(5)24(19-25)9-10-26-27(33)15-17-34(6)28(26)20-29-32(34)23(4)35(41-29)18-13-22(3)21-39-35/h9,11-12,22-23,25-29,32H,7-8,10,13-21H2,1-6H3/b12-11-/t22-,23+,25+,26-,27+,28+,29+,32+,33+,34+,35-/m1/s1. The first-order valence-electron chi connectivity index (χ1n) is 16.7. The molecule has 0 N–H and O–H groups in total. The zero-order chi connectivity index (χ0) is 29.2. The summed E-state index contributed by atoms with van der Waals surface area (Å²) >= 11 is 0. The number of amides is 1. The molecule has 6 nitrogen and oxygen atoms in total. The number of hydrogen-bond donors (Lipinski definition) is 0. The lowest BCUT2D eigenvalue weighted by Crippen LogP contribution is -2.52. The van der Waals surface area contributed by atoms with Gasteiger partial charge in [0.15, 0.2) is 5.79 Å². The van der Waals surface area contributed by atoms with Gasteiger partial charge in [-0.3, -0.25) is 4.79 Å². The van der Waals surface area contributed by atoms with Crippen LogP contribution in [-0.4, -0.2) is 54.5 Å². The van der Waals surface area contributed by atoms with E-state index in [1.807, 2.05) is 13.8 Å². The highest BCUT2D eigenvalue weighted by Crippen LogP contribution is 2.70. The van der Waals surface area contributed by atoms with Crippen LogP contribution in [0.2, 0.25) is 0 Å². The fourth-order valence-corrected chi connectivity index (χ4v) is 10.7. The Morgan fingerprint density at radius 1 is 1.05 bits per heavy atom. The number of carbonyl (C=O) groups is 2. The van der Waals surface area contributed by atoms with Crippen molar-refractivity contribution < 1.29 is 23.8 Å². The molecule has 228 valence electrons. The Bertz CT molecular complexity index is 1090. The lowest BCUT2D eigenvalue weighted by atomic mass is 9.47. The van der Waals surface area contributed by atoms with Crippen molar-refractivity contribution in [3.8, 4) is 0 Å². The van der Waals surface area contributed by atoms with E-state index in [4.69, 9.17) is 14.2 Å². The lowest BCUT2D eigenvalue weighted by Gasteiger charge is -2.58. The molecule has 5 fully saturated rings. The van der Waals surface area contributed by atoms with Gasteiger partial charge in [-0.2, -0.15) is 0 Å². The molecular weight excluding hydrogens is 514 g/mol. The number of carbonyl (C=O) groups excluding carboxylic acids is 2. The van der Waals surface area contributed by atoms with E-state index < -0.39 is 5.97 Å². The average Bonchev–Trinajstić information content (AvgIpc) is 3.40. The number of esters is 1. The van der Waals surface area contributed by atoms with Crippen LogP contribution in [0.4, 0.5) is 0 Å². The minimum absolute atomic E-state index is 0.102.